The van der Waals surface area contributed by atoms with Crippen LogP contribution in [0.15, 0.2) is 15.9 Å². The summed E-state index contributed by atoms with van der Waals surface area (Å²) in [6.07, 6.45) is 4.94. The van der Waals surface area contributed by atoms with Crippen LogP contribution in [0.2, 0.25) is 0 Å². The van der Waals surface area contributed by atoms with Gasteiger partial charge in [0.15, 0.2) is 5.82 Å². The molecule has 3 nitrogen and oxygen atoms in total. The van der Waals surface area contributed by atoms with Crippen molar-refractivity contribution in [3.8, 4) is 10.7 Å². The number of halogens is 1. The van der Waals surface area contributed by atoms with Crippen molar-refractivity contribution in [1.29, 1.82) is 0 Å². The molecule has 0 aliphatic heterocycles. The Morgan fingerprint density at radius 2 is 2.00 bits per heavy atom. The van der Waals surface area contributed by atoms with E-state index in [0.717, 1.165) is 31.6 Å². The van der Waals surface area contributed by atoms with Gasteiger partial charge in [0.25, 0.3) is 0 Å². The molecule has 1 aliphatic carbocycles. The van der Waals surface area contributed by atoms with E-state index >= 15 is 0 Å². The Labute approximate surface area is 139 Å². The van der Waals surface area contributed by atoms with E-state index in [1.807, 2.05) is 24.5 Å². The molecule has 0 saturated carbocycles. The standard InChI is InChI=1S/C15H14BrN3S2/c1-17-14-12-8-4-2-3-5-9(8)21-15(12)19-13(18-14)10-6-7-11(16)20-10/h6-7H,2-5H2,1H3,(H,17,18,19). The molecular weight excluding hydrogens is 366 g/mol. The fraction of sp³-hybridized carbons (Fsp3) is 0.333. The second-order valence-corrected chi connectivity index (χ2v) is 8.69. The quantitative estimate of drug-likeness (QED) is 0.672. The first-order valence-corrected chi connectivity index (χ1v) is 9.44. The molecule has 21 heavy (non-hydrogen) atoms. The largest absolute Gasteiger partial charge is 0.372 e. The van der Waals surface area contributed by atoms with E-state index in [0.29, 0.717) is 0 Å². The van der Waals surface area contributed by atoms with Crippen molar-refractivity contribution < 1.29 is 0 Å². The monoisotopic (exact) mass is 379 g/mol. The van der Waals surface area contributed by atoms with Gasteiger partial charge in [0, 0.05) is 11.9 Å². The Hall–Kier alpha value is -0.980. The third kappa shape index (κ3) is 2.29. The Morgan fingerprint density at radius 3 is 2.76 bits per heavy atom. The fourth-order valence-corrected chi connectivity index (χ4v) is 5.46. The molecule has 1 N–H and O–H groups in total. The zero-order valence-electron chi connectivity index (χ0n) is 11.6. The molecule has 4 rings (SSSR count). The van der Waals surface area contributed by atoms with E-state index in [4.69, 9.17) is 9.97 Å². The first kappa shape index (κ1) is 13.7. The number of hydrogen-bond acceptors (Lipinski definition) is 5. The highest BCUT2D eigenvalue weighted by Gasteiger charge is 2.21. The smallest absolute Gasteiger partial charge is 0.173 e. The number of fused-ring (bicyclic) bond motifs is 3. The van der Waals surface area contributed by atoms with E-state index < -0.39 is 0 Å². The topological polar surface area (TPSA) is 37.8 Å². The molecule has 0 saturated heterocycles. The molecule has 6 heteroatoms. The van der Waals surface area contributed by atoms with Crippen LogP contribution in [0.4, 0.5) is 5.82 Å². The van der Waals surface area contributed by atoms with Gasteiger partial charge in [0.05, 0.1) is 14.0 Å². The number of anilines is 1. The van der Waals surface area contributed by atoms with Crippen molar-refractivity contribution in [3.63, 3.8) is 0 Å². The van der Waals surface area contributed by atoms with Gasteiger partial charge in [-0.2, -0.15) is 0 Å². The van der Waals surface area contributed by atoms with Crippen molar-refractivity contribution in [1.82, 2.24) is 9.97 Å². The molecule has 0 radical (unpaired) electrons. The number of nitrogens with one attached hydrogen (secondary N) is 1. The molecule has 0 unspecified atom stereocenters. The summed E-state index contributed by atoms with van der Waals surface area (Å²) >= 11 is 7.03. The molecule has 0 fully saturated rings. The summed E-state index contributed by atoms with van der Waals surface area (Å²) in [7, 11) is 1.95. The lowest BCUT2D eigenvalue weighted by atomic mass is 9.97. The molecule has 0 bridgehead atoms. The first-order chi connectivity index (χ1) is 10.3. The fourth-order valence-electron chi connectivity index (χ4n) is 2.88. The number of hydrogen-bond donors (Lipinski definition) is 1. The van der Waals surface area contributed by atoms with Gasteiger partial charge in [-0.15, -0.1) is 22.7 Å². The highest BCUT2D eigenvalue weighted by Crippen LogP contribution is 2.40. The van der Waals surface area contributed by atoms with Crippen molar-refractivity contribution >= 4 is 54.6 Å². The van der Waals surface area contributed by atoms with Gasteiger partial charge in [-0.05, 0) is 59.3 Å². The zero-order valence-corrected chi connectivity index (χ0v) is 14.8. The minimum Gasteiger partial charge on any atom is -0.372 e. The van der Waals surface area contributed by atoms with Crippen LogP contribution in [0.1, 0.15) is 23.3 Å². The van der Waals surface area contributed by atoms with Gasteiger partial charge in [0.2, 0.25) is 0 Å². The van der Waals surface area contributed by atoms with Crippen LogP contribution < -0.4 is 5.32 Å². The SMILES string of the molecule is CNc1nc(-c2ccc(Br)s2)nc2sc3c(c12)CCCC3. The number of aryl methyl sites for hydroxylation is 2. The summed E-state index contributed by atoms with van der Waals surface area (Å²) in [5, 5.41) is 4.52. The van der Waals surface area contributed by atoms with E-state index in [9.17, 15) is 0 Å². The van der Waals surface area contributed by atoms with Gasteiger partial charge in [-0.1, -0.05) is 0 Å². The highest BCUT2D eigenvalue weighted by molar-refractivity contribution is 9.11. The van der Waals surface area contributed by atoms with E-state index in [1.165, 1.54) is 35.1 Å². The number of thiophene rings is 2. The Bertz CT molecular complexity index is 822. The number of aromatic nitrogens is 2. The third-order valence-electron chi connectivity index (χ3n) is 3.85. The molecule has 0 aromatic carbocycles. The van der Waals surface area contributed by atoms with Crippen LogP contribution in [0, 0.1) is 0 Å². The van der Waals surface area contributed by atoms with Crippen molar-refractivity contribution in [2.45, 2.75) is 25.7 Å². The van der Waals surface area contributed by atoms with Crippen molar-refractivity contribution in [2.75, 3.05) is 12.4 Å². The van der Waals surface area contributed by atoms with Crippen molar-refractivity contribution in [2.24, 2.45) is 0 Å². The van der Waals surface area contributed by atoms with Crippen molar-refractivity contribution in [3.05, 3.63) is 26.4 Å². The molecular formula is C15H14BrN3S2. The summed E-state index contributed by atoms with van der Waals surface area (Å²) in [4.78, 5) is 13.3. The predicted octanol–water partition coefficient (Wildman–Crippen LogP) is 5.10. The normalized spacial score (nSPS) is 14.4. The highest BCUT2D eigenvalue weighted by atomic mass is 79.9. The van der Waals surface area contributed by atoms with Gasteiger partial charge in [0.1, 0.15) is 10.6 Å². The first-order valence-electron chi connectivity index (χ1n) is 7.02. The van der Waals surface area contributed by atoms with Gasteiger partial charge in [-0.25, -0.2) is 9.97 Å². The summed E-state index contributed by atoms with van der Waals surface area (Å²) in [5.74, 6) is 1.79. The Balaban J connectivity index is 1.96. The van der Waals surface area contributed by atoms with Crippen LogP contribution in [-0.2, 0) is 12.8 Å². The molecule has 1 aliphatic rings. The average molecular weight is 380 g/mol. The van der Waals surface area contributed by atoms with Crippen LogP contribution in [0.3, 0.4) is 0 Å². The lowest BCUT2D eigenvalue weighted by Crippen LogP contribution is -2.01. The number of rotatable bonds is 2. The second kappa shape index (κ2) is 5.34. The molecule has 0 amide bonds. The zero-order chi connectivity index (χ0) is 14.4. The Morgan fingerprint density at radius 1 is 1.14 bits per heavy atom. The summed E-state index contributed by atoms with van der Waals surface area (Å²) in [6.45, 7) is 0. The molecule has 3 aromatic heterocycles. The van der Waals surface area contributed by atoms with Gasteiger partial charge in [-0.3, -0.25) is 0 Å². The van der Waals surface area contributed by atoms with Crippen LogP contribution in [0.5, 0.6) is 0 Å². The summed E-state index contributed by atoms with van der Waals surface area (Å²) in [5.41, 5.74) is 1.48. The van der Waals surface area contributed by atoms with Gasteiger partial charge >= 0.3 is 0 Å². The third-order valence-corrected chi connectivity index (χ3v) is 6.65. The van der Waals surface area contributed by atoms with Crippen LogP contribution >= 0.6 is 38.6 Å². The lowest BCUT2D eigenvalue weighted by molar-refractivity contribution is 0.700. The summed E-state index contributed by atoms with van der Waals surface area (Å²) < 4.78 is 1.11. The number of nitrogens with zero attached hydrogens (tertiary/aromatic N) is 2. The molecule has 0 spiro atoms. The summed E-state index contributed by atoms with van der Waals surface area (Å²) in [6, 6.07) is 4.12. The van der Waals surface area contributed by atoms with E-state index in [-0.39, 0.29) is 0 Å². The van der Waals surface area contributed by atoms with E-state index in [1.54, 1.807) is 11.3 Å². The van der Waals surface area contributed by atoms with Crippen LogP contribution in [0.25, 0.3) is 20.9 Å². The Kier molecular flexibility index (Phi) is 3.47. The second-order valence-electron chi connectivity index (χ2n) is 5.14. The average Bonchev–Trinajstić information content (AvgIpc) is 3.09. The maximum atomic E-state index is 4.83. The lowest BCUT2D eigenvalue weighted by Gasteiger charge is -2.11. The predicted molar refractivity (Wildman–Crippen MR) is 94.6 cm³/mol. The molecule has 3 aromatic rings. The van der Waals surface area contributed by atoms with Crippen LogP contribution in [-0.4, -0.2) is 17.0 Å². The maximum absolute atomic E-state index is 4.83. The molecule has 3 heterocycles. The maximum Gasteiger partial charge on any atom is 0.173 e. The minimum absolute atomic E-state index is 0.821. The van der Waals surface area contributed by atoms with Gasteiger partial charge < -0.3 is 5.32 Å². The van der Waals surface area contributed by atoms with E-state index in [2.05, 4.69) is 27.3 Å². The molecule has 108 valence electrons. The molecule has 0 atom stereocenters. The minimum atomic E-state index is 0.821.